The van der Waals surface area contributed by atoms with Gasteiger partial charge in [0.25, 0.3) is 0 Å². The second-order valence-electron chi connectivity index (χ2n) is 7.33. The maximum atomic E-state index is 9.34. The minimum absolute atomic E-state index is 0.346. The van der Waals surface area contributed by atoms with Crippen LogP contribution in [0.4, 0.5) is 0 Å². The molecule has 0 spiro atoms. The van der Waals surface area contributed by atoms with Gasteiger partial charge in [0.1, 0.15) is 5.54 Å². The van der Waals surface area contributed by atoms with E-state index in [0.717, 1.165) is 32.4 Å². The second-order valence-corrected chi connectivity index (χ2v) is 7.33. The lowest BCUT2D eigenvalue weighted by molar-refractivity contribution is 0.250. The van der Waals surface area contributed by atoms with Gasteiger partial charge < -0.3 is 4.90 Å². The average molecular weight is 279 g/mol. The molecule has 3 nitrogen and oxygen atoms in total. The highest BCUT2D eigenvalue weighted by Crippen LogP contribution is 2.29. The zero-order valence-corrected chi connectivity index (χ0v) is 14.0. The first-order valence-corrected chi connectivity index (χ1v) is 8.29. The summed E-state index contributed by atoms with van der Waals surface area (Å²) in [6, 6.07) is 2.45. The third-order valence-corrected chi connectivity index (χ3v) is 4.60. The van der Waals surface area contributed by atoms with Crippen LogP contribution < -0.4 is 5.32 Å². The average Bonchev–Trinajstić information content (AvgIpc) is 2.58. The van der Waals surface area contributed by atoms with Gasteiger partial charge in [0, 0.05) is 0 Å². The predicted molar refractivity (Wildman–Crippen MR) is 85.6 cm³/mol. The van der Waals surface area contributed by atoms with Gasteiger partial charge in [-0.2, -0.15) is 5.26 Å². The molecule has 116 valence electrons. The first-order chi connectivity index (χ1) is 9.41. The molecule has 0 aliphatic carbocycles. The van der Waals surface area contributed by atoms with Crippen LogP contribution in [0, 0.1) is 16.7 Å². The number of rotatable bonds is 7. The Balaban J connectivity index is 2.31. The summed E-state index contributed by atoms with van der Waals surface area (Å²) in [7, 11) is 0. The molecule has 20 heavy (non-hydrogen) atoms. The Labute approximate surface area is 125 Å². The van der Waals surface area contributed by atoms with E-state index in [-0.39, 0.29) is 5.54 Å². The molecule has 0 aromatic heterocycles. The van der Waals surface area contributed by atoms with Crippen molar-refractivity contribution in [3.8, 4) is 6.07 Å². The van der Waals surface area contributed by atoms with Crippen LogP contribution in [0.5, 0.6) is 0 Å². The summed E-state index contributed by atoms with van der Waals surface area (Å²) in [6.07, 6.45) is 7.10. The van der Waals surface area contributed by atoms with Crippen molar-refractivity contribution >= 4 is 0 Å². The van der Waals surface area contributed by atoms with Crippen LogP contribution in [0.25, 0.3) is 0 Å². The van der Waals surface area contributed by atoms with Crippen LogP contribution in [0.3, 0.4) is 0 Å². The fraction of sp³-hybridized carbons (Fsp3) is 0.941. The van der Waals surface area contributed by atoms with Crippen molar-refractivity contribution in [2.75, 3.05) is 26.2 Å². The minimum atomic E-state index is -0.346. The maximum absolute atomic E-state index is 9.34. The summed E-state index contributed by atoms with van der Waals surface area (Å²) < 4.78 is 0. The Morgan fingerprint density at radius 2 is 2.05 bits per heavy atom. The Kier molecular flexibility index (Phi) is 6.99. The minimum Gasteiger partial charge on any atom is -0.303 e. The van der Waals surface area contributed by atoms with Gasteiger partial charge >= 0.3 is 0 Å². The molecule has 0 amide bonds. The van der Waals surface area contributed by atoms with E-state index in [0.29, 0.717) is 5.41 Å². The highest BCUT2D eigenvalue weighted by molar-refractivity contribution is 5.03. The highest BCUT2D eigenvalue weighted by Gasteiger charge is 2.25. The molecule has 1 aliphatic heterocycles. The fourth-order valence-corrected chi connectivity index (χ4v) is 2.94. The van der Waals surface area contributed by atoms with Crippen LogP contribution in [-0.4, -0.2) is 36.6 Å². The van der Waals surface area contributed by atoms with Crippen molar-refractivity contribution in [2.45, 2.75) is 71.8 Å². The zero-order chi connectivity index (χ0) is 15.1. The number of nitrogens with one attached hydrogen (secondary N) is 1. The molecule has 0 aromatic rings. The first-order valence-electron chi connectivity index (χ1n) is 8.29. The maximum Gasteiger partial charge on any atom is 0.103 e. The van der Waals surface area contributed by atoms with Gasteiger partial charge in [0.15, 0.2) is 0 Å². The van der Waals surface area contributed by atoms with Gasteiger partial charge in [-0.05, 0) is 77.0 Å². The summed E-state index contributed by atoms with van der Waals surface area (Å²) in [6.45, 7) is 13.5. The Morgan fingerprint density at radius 1 is 1.30 bits per heavy atom. The van der Waals surface area contributed by atoms with E-state index in [1.807, 2.05) is 6.92 Å². The molecule has 1 heterocycles. The van der Waals surface area contributed by atoms with Crippen LogP contribution >= 0.6 is 0 Å². The summed E-state index contributed by atoms with van der Waals surface area (Å²) >= 11 is 0. The highest BCUT2D eigenvalue weighted by atomic mass is 15.1. The van der Waals surface area contributed by atoms with Gasteiger partial charge in [-0.15, -0.1) is 0 Å². The molecule has 1 fully saturated rings. The van der Waals surface area contributed by atoms with E-state index in [1.165, 1.54) is 32.4 Å². The lowest BCUT2D eigenvalue weighted by atomic mass is 9.85. The molecule has 1 aliphatic rings. The van der Waals surface area contributed by atoms with Gasteiger partial charge in [-0.3, -0.25) is 5.32 Å². The van der Waals surface area contributed by atoms with Gasteiger partial charge in [-0.1, -0.05) is 20.8 Å². The van der Waals surface area contributed by atoms with Crippen LogP contribution in [-0.2, 0) is 0 Å². The topological polar surface area (TPSA) is 39.1 Å². The lowest BCUT2D eigenvalue weighted by Gasteiger charge is -2.26. The molecule has 1 saturated heterocycles. The van der Waals surface area contributed by atoms with E-state index in [1.54, 1.807) is 0 Å². The number of nitriles is 1. The van der Waals surface area contributed by atoms with Crippen molar-refractivity contribution in [3.05, 3.63) is 0 Å². The smallest absolute Gasteiger partial charge is 0.103 e. The van der Waals surface area contributed by atoms with E-state index in [9.17, 15) is 5.26 Å². The molecule has 0 radical (unpaired) electrons. The number of hydrogen-bond donors (Lipinski definition) is 1. The molecule has 1 unspecified atom stereocenters. The largest absolute Gasteiger partial charge is 0.303 e. The molecule has 0 saturated carbocycles. The number of hydrogen-bond acceptors (Lipinski definition) is 3. The third kappa shape index (κ3) is 6.24. The van der Waals surface area contributed by atoms with E-state index in [2.05, 4.69) is 37.1 Å². The summed E-state index contributed by atoms with van der Waals surface area (Å²) in [5, 5.41) is 12.7. The Morgan fingerprint density at radius 3 is 2.70 bits per heavy atom. The number of nitrogens with zero attached hydrogens (tertiary/aromatic N) is 2. The Hall–Kier alpha value is -0.590. The molecular weight excluding hydrogens is 246 g/mol. The lowest BCUT2D eigenvalue weighted by Crippen LogP contribution is -2.42. The van der Waals surface area contributed by atoms with Gasteiger partial charge in [-0.25, -0.2) is 0 Å². The summed E-state index contributed by atoms with van der Waals surface area (Å²) in [5.74, 6) is 0. The summed E-state index contributed by atoms with van der Waals surface area (Å²) in [4.78, 5) is 2.59. The van der Waals surface area contributed by atoms with Crippen molar-refractivity contribution < 1.29 is 0 Å². The normalized spacial score (nSPS) is 22.8. The summed E-state index contributed by atoms with van der Waals surface area (Å²) in [5.41, 5.74) is 0.166. The van der Waals surface area contributed by atoms with Gasteiger partial charge in [0.05, 0.1) is 6.07 Å². The first kappa shape index (κ1) is 17.5. The van der Waals surface area contributed by atoms with E-state index >= 15 is 0 Å². The van der Waals surface area contributed by atoms with Crippen molar-refractivity contribution in [2.24, 2.45) is 5.41 Å². The van der Waals surface area contributed by atoms with Crippen molar-refractivity contribution in [1.82, 2.24) is 10.2 Å². The second kappa shape index (κ2) is 8.00. The van der Waals surface area contributed by atoms with E-state index < -0.39 is 0 Å². The van der Waals surface area contributed by atoms with Crippen LogP contribution in [0.1, 0.15) is 66.2 Å². The molecule has 0 aromatic carbocycles. The third-order valence-electron chi connectivity index (χ3n) is 4.60. The monoisotopic (exact) mass is 279 g/mol. The SMILES string of the molecule is CCCNC(C)(C#N)CCCN1CCCC(C)(C)CC1. The van der Waals surface area contributed by atoms with Crippen molar-refractivity contribution in [3.63, 3.8) is 0 Å². The molecule has 0 bridgehead atoms. The van der Waals surface area contributed by atoms with Crippen molar-refractivity contribution in [1.29, 1.82) is 5.26 Å². The fourth-order valence-electron chi connectivity index (χ4n) is 2.94. The van der Waals surface area contributed by atoms with E-state index in [4.69, 9.17) is 0 Å². The number of likely N-dealkylation sites (tertiary alicyclic amines) is 1. The van der Waals surface area contributed by atoms with Crippen LogP contribution in [0.2, 0.25) is 0 Å². The Bertz CT molecular complexity index is 319. The molecule has 1 atom stereocenters. The zero-order valence-electron chi connectivity index (χ0n) is 14.0. The molecule has 1 N–H and O–H groups in total. The standard InChI is InChI=1S/C17H33N3/c1-5-11-19-17(4,15-18)9-7-13-20-12-6-8-16(2,3)10-14-20/h19H,5-14H2,1-4H3. The molecule has 3 heteroatoms. The quantitative estimate of drug-likeness (QED) is 0.774. The van der Waals surface area contributed by atoms with Gasteiger partial charge in [0.2, 0.25) is 0 Å². The van der Waals surface area contributed by atoms with Crippen LogP contribution in [0.15, 0.2) is 0 Å². The predicted octanol–water partition coefficient (Wildman–Crippen LogP) is 3.56. The molecule has 1 rings (SSSR count). The molecular formula is C17H33N3.